The summed E-state index contributed by atoms with van der Waals surface area (Å²) in [6, 6.07) is 12.1. The molecule has 3 aliphatic heterocycles. The minimum absolute atomic E-state index is 0.0701. The summed E-state index contributed by atoms with van der Waals surface area (Å²) in [7, 11) is 1.60. The zero-order valence-electron chi connectivity index (χ0n) is 20.1. The van der Waals surface area contributed by atoms with Crippen LogP contribution >= 0.6 is 0 Å². The van der Waals surface area contributed by atoms with Gasteiger partial charge in [-0.05, 0) is 38.1 Å². The number of carbonyl (C=O) groups excluding carboxylic acids is 2. The van der Waals surface area contributed by atoms with Crippen molar-refractivity contribution < 1.29 is 23.8 Å². The number of fused-ring (bicyclic) bond motifs is 2. The fourth-order valence-electron chi connectivity index (χ4n) is 5.06. The molecule has 0 aliphatic carbocycles. The van der Waals surface area contributed by atoms with Crippen LogP contribution in [0.5, 0.6) is 11.5 Å². The van der Waals surface area contributed by atoms with Gasteiger partial charge in [0.15, 0.2) is 5.96 Å². The molecule has 0 radical (unpaired) electrons. The summed E-state index contributed by atoms with van der Waals surface area (Å²) >= 11 is 0. The number of benzene rings is 2. The van der Waals surface area contributed by atoms with Crippen molar-refractivity contribution in [1.29, 1.82) is 5.41 Å². The molecule has 3 heterocycles. The Morgan fingerprint density at radius 3 is 2.71 bits per heavy atom. The molecule has 9 heteroatoms. The number of hydrogen-bond acceptors (Lipinski definition) is 6. The predicted octanol–water partition coefficient (Wildman–Crippen LogP) is 2.92. The highest BCUT2D eigenvalue weighted by Gasteiger charge is 2.41. The van der Waals surface area contributed by atoms with Gasteiger partial charge in [0.1, 0.15) is 24.2 Å². The van der Waals surface area contributed by atoms with E-state index in [-0.39, 0.29) is 42.4 Å². The number of methoxy groups -OCH3 is 1. The zero-order chi connectivity index (χ0) is 24.7. The molecule has 0 bridgehead atoms. The Hall–Kier alpha value is -3.59. The topological polar surface area (TPSA) is 113 Å². The molecule has 184 valence electrons. The van der Waals surface area contributed by atoms with Crippen LogP contribution in [0.1, 0.15) is 60.3 Å². The summed E-state index contributed by atoms with van der Waals surface area (Å²) in [6.45, 7) is 4.57. The van der Waals surface area contributed by atoms with Gasteiger partial charge in [0.25, 0.3) is 5.91 Å². The number of nitrogens with one attached hydrogen (secondary N) is 3. The molecule has 0 aromatic heterocycles. The molecule has 35 heavy (non-hydrogen) atoms. The van der Waals surface area contributed by atoms with E-state index in [1.807, 2.05) is 38.1 Å². The second kappa shape index (κ2) is 8.88. The molecule has 9 nitrogen and oxygen atoms in total. The first-order valence-corrected chi connectivity index (χ1v) is 11.8. The fraction of sp³-hybridized carbons (Fsp3) is 0.423. The van der Waals surface area contributed by atoms with Crippen molar-refractivity contribution in [3.63, 3.8) is 0 Å². The van der Waals surface area contributed by atoms with Crippen LogP contribution < -0.4 is 20.1 Å². The van der Waals surface area contributed by atoms with E-state index in [1.54, 1.807) is 25.3 Å². The van der Waals surface area contributed by atoms with Gasteiger partial charge in [-0.1, -0.05) is 18.2 Å². The average molecular weight is 479 g/mol. The van der Waals surface area contributed by atoms with Crippen LogP contribution in [-0.2, 0) is 9.53 Å². The predicted molar refractivity (Wildman–Crippen MR) is 129 cm³/mol. The minimum atomic E-state index is -0.474. The van der Waals surface area contributed by atoms with Crippen LogP contribution in [0.2, 0.25) is 0 Å². The maximum Gasteiger partial charge on any atom is 0.251 e. The second-order valence-corrected chi connectivity index (χ2v) is 9.78. The van der Waals surface area contributed by atoms with Crippen LogP contribution in [0.25, 0.3) is 0 Å². The van der Waals surface area contributed by atoms with E-state index in [4.69, 9.17) is 19.6 Å². The summed E-state index contributed by atoms with van der Waals surface area (Å²) < 4.78 is 17.2. The number of guanidine groups is 1. The molecule has 0 spiro atoms. The lowest BCUT2D eigenvalue weighted by molar-refractivity contribution is -0.132. The van der Waals surface area contributed by atoms with Crippen molar-refractivity contribution in [1.82, 2.24) is 15.5 Å². The lowest BCUT2D eigenvalue weighted by Crippen LogP contribution is -2.60. The van der Waals surface area contributed by atoms with Gasteiger partial charge >= 0.3 is 0 Å². The van der Waals surface area contributed by atoms with Crippen molar-refractivity contribution >= 4 is 17.8 Å². The lowest BCUT2D eigenvalue weighted by atomic mass is 9.92. The molecule has 2 aromatic carbocycles. The van der Waals surface area contributed by atoms with Gasteiger partial charge in [-0.15, -0.1) is 0 Å². The van der Waals surface area contributed by atoms with Crippen molar-refractivity contribution in [2.45, 2.75) is 50.4 Å². The first-order valence-electron chi connectivity index (χ1n) is 11.8. The molecule has 1 saturated heterocycles. The molecule has 5 rings (SSSR count). The Bertz CT molecular complexity index is 1160. The molecule has 2 aromatic rings. The number of ether oxygens (including phenoxy) is 3. The lowest BCUT2D eigenvalue weighted by Gasteiger charge is -2.43. The first kappa shape index (κ1) is 23.2. The van der Waals surface area contributed by atoms with Crippen LogP contribution in [0.4, 0.5) is 0 Å². The average Bonchev–Trinajstić information content (AvgIpc) is 2.83. The fourth-order valence-corrected chi connectivity index (χ4v) is 5.06. The van der Waals surface area contributed by atoms with Gasteiger partial charge in [-0.25, -0.2) is 0 Å². The van der Waals surface area contributed by atoms with Crippen LogP contribution in [0.3, 0.4) is 0 Å². The Kier molecular flexibility index (Phi) is 5.88. The van der Waals surface area contributed by atoms with E-state index in [0.29, 0.717) is 30.9 Å². The quantitative estimate of drug-likeness (QED) is 0.623. The summed E-state index contributed by atoms with van der Waals surface area (Å²) in [5.74, 6) is 1.03. The van der Waals surface area contributed by atoms with Crippen molar-refractivity contribution in [3.8, 4) is 11.5 Å². The Labute approximate surface area is 204 Å². The number of carbonyl (C=O) groups is 2. The summed E-state index contributed by atoms with van der Waals surface area (Å²) in [5, 5.41) is 14.7. The van der Waals surface area contributed by atoms with E-state index < -0.39 is 5.54 Å². The second-order valence-electron chi connectivity index (χ2n) is 9.78. The van der Waals surface area contributed by atoms with Crippen LogP contribution in [0.15, 0.2) is 42.5 Å². The van der Waals surface area contributed by atoms with E-state index in [1.165, 1.54) is 4.90 Å². The van der Waals surface area contributed by atoms with Gasteiger partial charge in [0.05, 0.1) is 18.7 Å². The highest BCUT2D eigenvalue weighted by molar-refractivity contribution is 6.00. The molecular formula is C26H30N4O5. The molecular weight excluding hydrogens is 448 g/mol. The largest absolute Gasteiger partial charge is 0.493 e. The van der Waals surface area contributed by atoms with Gasteiger partial charge in [0, 0.05) is 42.2 Å². The zero-order valence-corrected chi connectivity index (χ0v) is 20.1. The van der Waals surface area contributed by atoms with Gasteiger partial charge in [-0.3, -0.25) is 19.9 Å². The smallest absolute Gasteiger partial charge is 0.251 e. The maximum atomic E-state index is 13.4. The van der Waals surface area contributed by atoms with Crippen LogP contribution in [0, 0.1) is 5.41 Å². The van der Waals surface area contributed by atoms with E-state index in [2.05, 4.69) is 10.6 Å². The molecule has 3 aliphatic rings. The third-order valence-electron chi connectivity index (χ3n) is 6.77. The molecule has 3 atom stereocenters. The Balaban J connectivity index is 1.43. The van der Waals surface area contributed by atoms with Gasteiger partial charge in [0.2, 0.25) is 5.91 Å². The molecule has 2 amide bonds. The third kappa shape index (κ3) is 4.32. The normalized spacial score (nSPS) is 24.9. The molecule has 3 N–H and O–H groups in total. The van der Waals surface area contributed by atoms with Crippen molar-refractivity contribution in [3.05, 3.63) is 59.2 Å². The van der Waals surface area contributed by atoms with Crippen LogP contribution in [-0.4, -0.2) is 54.6 Å². The Morgan fingerprint density at radius 1 is 1.17 bits per heavy atom. The highest BCUT2D eigenvalue weighted by atomic mass is 16.5. The Morgan fingerprint density at radius 2 is 1.94 bits per heavy atom. The minimum Gasteiger partial charge on any atom is -0.493 e. The summed E-state index contributed by atoms with van der Waals surface area (Å²) in [5.41, 5.74) is 1.55. The first-order chi connectivity index (χ1) is 16.8. The number of amides is 2. The van der Waals surface area contributed by atoms with E-state index in [9.17, 15) is 9.59 Å². The SMILES string of the molecule is CO[C@@H]1COc2ccccc2[C@H]1NC(=O)c1ccc2c(c1)[C@H](N1C(=N)NC(C)(C)CC1=O)CCO2. The van der Waals surface area contributed by atoms with E-state index in [0.717, 1.165) is 16.9 Å². The highest BCUT2D eigenvalue weighted by Crippen LogP contribution is 2.39. The number of nitrogens with zero attached hydrogens (tertiary/aromatic N) is 1. The number of hydrogen-bond donors (Lipinski definition) is 3. The van der Waals surface area contributed by atoms with Gasteiger partial charge in [-0.2, -0.15) is 0 Å². The van der Waals surface area contributed by atoms with Gasteiger partial charge < -0.3 is 24.8 Å². The summed E-state index contributed by atoms with van der Waals surface area (Å²) in [6.07, 6.45) is 0.487. The molecule has 0 unspecified atom stereocenters. The summed E-state index contributed by atoms with van der Waals surface area (Å²) in [4.78, 5) is 27.9. The van der Waals surface area contributed by atoms with Crippen molar-refractivity contribution in [2.24, 2.45) is 0 Å². The number of rotatable bonds is 4. The monoisotopic (exact) mass is 478 g/mol. The molecule has 1 fully saturated rings. The maximum absolute atomic E-state index is 13.4. The third-order valence-corrected chi connectivity index (χ3v) is 6.77. The number of para-hydroxylation sites is 1. The van der Waals surface area contributed by atoms with Crippen molar-refractivity contribution in [2.75, 3.05) is 20.3 Å². The standard InChI is InChI=1S/C26H30N4O5/c1-26(2)13-22(31)30(25(27)29-26)18-10-11-34-20-9-8-15(12-17(18)20)24(32)28-23-16-6-4-5-7-19(16)35-14-21(23)33-3/h4-9,12,18,21,23H,10-11,13-14H2,1-3H3,(H2,27,29)(H,28,32)/t18-,21-,23-/m1/s1. The molecule has 0 saturated carbocycles. The van der Waals surface area contributed by atoms with E-state index >= 15 is 0 Å².